The standard InChI is InChI=1S/C20H17ClN2O4S/c1-26-16-7-5-13(6-8-16)10-22-18(24)11-27-20(25)17-12-28-19(23-17)14-3-2-4-15(21)9-14/h2-9,12H,10-11H2,1H3,(H,22,24). The molecular weight excluding hydrogens is 400 g/mol. The van der Waals surface area contributed by atoms with E-state index in [2.05, 4.69) is 10.3 Å². The van der Waals surface area contributed by atoms with E-state index in [-0.39, 0.29) is 12.3 Å². The van der Waals surface area contributed by atoms with Crippen molar-refractivity contribution < 1.29 is 19.1 Å². The maximum absolute atomic E-state index is 12.1. The highest BCUT2D eigenvalue weighted by Gasteiger charge is 2.15. The van der Waals surface area contributed by atoms with Gasteiger partial charge < -0.3 is 14.8 Å². The fraction of sp³-hybridized carbons (Fsp3) is 0.150. The summed E-state index contributed by atoms with van der Waals surface area (Å²) in [7, 11) is 1.59. The molecule has 1 amide bonds. The van der Waals surface area contributed by atoms with Crippen LogP contribution in [0.15, 0.2) is 53.9 Å². The molecule has 0 radical (unpaired) electrons. The van der Waals surface area contributed by atoms with Gasteiger partial charge in [0.15, 0.2) is 12.3 Å². The number of esters is 1. The van der Waals surface area contributed by atoms with Gasteiger partial charge in [0.1, 0.15) is 10.8 Å². The third-order valence-corrected chi connectivity index (χ3v) is 4.89. The first-order chi connectivity index (χ1) is 13.5. The molecule has 8 heteroatoms. The lowest BCUT2D eigenvalue weighted by molar-refractivity contribution is -0.124. The molecule has 0 atom stereocenters. The lowest BCUT2D eigenvalue weighted by atomic mass is 10.2. The van der Waals surface area contributed by atoms with Crippen LogP contribution in [-0.2, 0) is 16.1 Å². The smallest absolute Gasteiger partial charge is 0.358 e. The second-order valence-electron chi connectivity index (χ2n) is 5.75. The molecule has 0 saturated heterocycles. The van der Waals surface area contributed by atoms with E-state index >= 15 is 0 Å². The van der Waals surface area contributed by atoms with Crippen LogP contribution in [0.2, 0.25) is 5.02 Å². The Morgan fingerprint density at radius 1 is 1.18 bits per heavy atom. The topological polar surface area (TPSA) is 77.5 Å². The molecule has 1 heterocycles. The Kier molecular flexibility index (Phi) is 6.62. The number of hydrogen-bond acceptors (Lipinski definition) is 6. The zero-order chi connectivity index (χ0) is 19.9. The van der Waals surface area contributed by atoms with Crippen LogP contribution < -0.4 is 10.1 Å². The number of amides is 1. The SMILES string of the molecule is COc1ccc(CNC(=O)COC(=O)c2csc(-c3cccc(Cl)c3)n2)cc1. The van der Waals surface area contributed by atoms with Gasteiger partial charge >= 0.3 is 5.97 Å². The van der Waals surface area contributed by atoms with E-state index in [0.717, 1.165) is 16.9 Å². The molecular formula is C20H17ClN2O4S. The second kappa shape index (κ2) is 9.34. The Morgan fingerprint density at radius 3 is 2.68 bits per heavy atom. The number of carbonyl (C=O) groups excluding carboxylic acids is 2. The maximum atomic E-state index is 12.1. The number of nitrogens with zero attached hydrogens (tertiary/aromatic N) is 1. The van der Waals surface area contributed by atoms with Crippen LogP contribution in [0.5, 0.6) is 5.75 Å². The maximum Gasteiger partial charge on any atom is 0.358 e. The quantitative estimate of drug-likeness (QED) is 0.590. The molecule has 3 aromatic rings. The first kappa shape index (κ1) is 19.9. The molecule has 6 nitrogen and oxygen atoms in total. The number of aromatic nitrogens is 1. The molecule has 3 rings (SSSR count). The lowest BCUT2D eigenvalue weighted by Crippen LogP contribution is -2.28. The molecule has 0 fully saturated rings. The molecule has 0 bridgehead atoms. The van der Waals surface area contributed by atoms with Gasteiger partial charge in [0.2, 0.25) is 0 Å². The van der Waals surface area contributed by atoms with Crippen molar-refractivity contribution in [2.75, 3.05) is 13.7 Å². The van der Waals surface area contributed by atoms with Gasteiger partial charge in [-0.3, -0.25) is 4.79 Å². The van der Waals surface area contributed by atoms with Crippen LogP contribution in [-0.4, -0.2) is 30.6 Å². The Morgan fingerprint density at radius 2 is 1.96 bits per heavy atom. The molecule has 28 heavy (non-hydrogen) atoms. The molecule has 2 aromatic carbocycles. The zero-order valence-electron chi connectivity index (χ0n) is 15.0. The van der Waals surface area contributed by atoms with Crippen molar-refractivity contribution in [2.24, 2.45) is 0 Å². The van der Waals surface area contributed by atoms with Gasteiger partial charge in [0.05, 0.1) is 7.11 Å². The Bertz CT molecular complexity index is 972. The van der Waals surface area contributed by atoms with E-state index in [0.29, 0.717) is 16.6 Å². The first-order valence-electron chi connectivity index (χ1n) is 8.33. The van der Waals surface area contributed by atoms with E-state index in [1.807, 2.05) is 24.3 Å². The summed E-state index contributed by atoms with van der Waals surface area (Å²) < 4.78 is 10.1. The Balaban J connectivity index is 1.49. The van der Waals surface area contributed by atoms with E-state index < -0.39 is 11.9 Å². The number of rotatable bonds is 7. The summed E-state index contributed by atoms with van der Waals surface area (Å²) in [5.74, 6) is -0.303. The summed E-state index contributed by atoms with van der Waals surface area (Å²) in [5.41, 5.74) is 1.88. The predicted molar refractivity (Wildman–Crippen MR) is 108 cm³/mol. The van der Waals surface area contributed by atoms with E-state index in [9.17, 15) is 9.59 Å². The number of methoxy groups -OCH3 is 1. The summed E-state index contributed by atoms with van der Waals surface area (Å²) in [6, 6.07) is 14.5. The summed E-state index contributed by atoms with van der Waals surface area (Å²) in [4.78, 5) is 28.3. The van der Waals surface area contributed by atoms with Crippen molar-refractivity contribution in [3.63, 3.8) is 0 Å². The molecule has 0 spiro atoms. The van der Waals surface area contributed by atoms with Crippen LogP contribution in [0.4, 0.5) is 0 Å². The minimum absolute atomic E-state index is 0.155. The fourth-order valence-corrected chi connectivity index (χ4v) is 3.30. The highest BCUT2D eigenvalue weighted by molar-refractivity contribution is 7.13. The summed E-state index contributed by atoms with van der Waals surface area (Å²) in [6.07, 6.45) is 0. The van der Waals surface area contributed by atoms with Crippen LogP contribution in [0, 0.1) is 0 Å². The van der Waals surface area contributed by atoms with Gasteiger partial charge in [-0.1, -0.05) is 35.9 Å². The normalized spacial score (nSPS) is 10.4. The number of thiazole rings is 1. The molecule has 144 valence electrons. The van der Waals surface area contributed by atoms with Crippen LogP contribution in [0.3, 0.4) is 0 Å². The number of hydrogen-bond donors (Lipinski definition) is 1. The Labute approximate surface area is 171 Å². The van der Waals surface area contributed by atoms with Crippen LogP contribution >= 0.6 is 22.9 Å². The first-order valence-corrected chi connectivity index (χ1v) is 9.59. The van der Waals surface area contributed by atoms with E-state index in [4.69, 9.17) is 21.1 Å². The van der Waals surface area contributed by atoms with Crippen molar-refractivity contribution in [3.8, 4) is 16.3 Å². The van der Waals surface area contributed by atoms with Gasteiger partial charge in [-0.05, 0) is 29.8 Å². The zero-order valence-corrected chi connectivity index (χ0v) is 16.5. The van der Waals surface area contributed by atoms with E-state index in [1.54, 1.807) is 36.8 Å². The third-order valence-electron chi connectivity index (χ3n) is 3.77. The van der Waals surface area contributed by atoms with Crippen molar-refractivity contribution in [2.45, 2.75) is 6.54 Å². The van der Waals surface area contributed by atoms with Crippen molar-refractivity contribution in [1.29, 1.82) is 0 Å². The number of halogens is 1. The van der Waals surface area contributed by atoms with Crippen molar-refractivity contribution >= 4 is 34.8 Å². The van der Waals surface area contributed by atoms with Gasteiger partial charge in [-0.2, -0.15) is 0 Å². The highest BCUT2D eigenvalue weighted by atomic mass is 35.5. The molecule has 0 aliphatic rings. The molecule has 0 unspecified atom stereocenters. The van der Waals surface area contributed by atoms with Gasteiger partial charge in [-0.25, -0.2) is 9.78 Å². The Hall–Kier alpha value is -2.90. The van der Waals surface area contributed by atoms with Gasteiger partial charge in [-0.15, -0.1) is 11.3 Å². The molecule has 0 aliphatic carbocycles. The molecule has 1 N–H and O–H groups in total. The third kappa shape index (κ3) is 5.31. The monoisotopic (exact) mass is 416 g/mol. The predicted octanol–water partition coefficient (Wildman–Crippen LogP) is 3.95. The summed E-state index contributed by atoms with van der Waals surface area (Å²) in [6.45, 7) is -0.0466. The van der Waals surface area contributed by atoms with Gasteiger partial charge in [0, 0.05) is 22.5 Å². The minimum Gasteiger partial charge on any atom is -0.497 e. The average molecular weight is 417 g/mol. The summed E-state index contributed by atoms with van der Waals surface area (Å²) in [5, 5.41) is 5.52. The molecule has 0 saturated carbocycles. The molecule has 1 aromatic heterocycles. The highest BCUT2D eigenvalue weighted by Crippen LogP contribution is 2.26. The van der Waals surface area contributed by atoms with Crippen LogP contribution in [0.25, 0.3) is 10.6 Å². The van der Waals surface area contributed by atoms with Crippen molar-refractivity contribution in [3.05, 3.63) is 70.2 Å². The van der Waals surface area contributed by atoms with Crippen LogP contribution in [0.1, 0.15) is 16.1 Å². The fourth-order valence-electron chi connectivity index (χ4n) is 2.32. The lowest BCUT2D eigenvalue weighted by Gasteiger charge is -2.06. The average Bonchev–Trinajstić information content (AvgIpc) is 3.21. The van der Waals surface area contributed by atoms with Gasteiger partial charge in [0.25, 0.3) is 5.91 Å². The van der Waals surface area contributed by atoms with Crippen molar-refractivity contribution in [1.82, 2.24) is 10.3 Å². The number of ether oxygens (including phenoxy) is 2. The van der Waals surface area contributed by atoms with E-state index in [1.165, 1.54) is 11.3 Å². The second-order valence-corrected chi connectivity index (χ2v) is 7.04. The summed E-state index contributed by atoms with van der Waals surface area (Å²) >= 11 is 7.28. The molecule has 0 aliphatic heterocycles. The number of nitrogens with one attached hydrogen (secondary N) is 1. The number of carbonyl (C=O) groups is 2. The largest absolute Gasteiger partial charge is 0.497 e. The number of benzene rings is 2. The minimum atomic E-state index is -0.649.